The summed E-state index contributed by atoms with van der Waals surface area (Å²) in [5.41, 5.74) is 5.51. The van der Waals surface area contributed by atoms with E-state index in [9.17, 15) is 25.0 Å². The van der Waals surface area contributed by atoms with E-state index in [0.717, 1.165) is 0 Å². The van der Waals surface area contributed by atoms with Crippen LogP contribution in [0.3, 0.4) is 0 Å². The lowest BCUT2D eigenvalue weighted by Gasteiger charge is -2.39. The average Bonchev–Trinajstić information content (AvgIpc) is 2.53. The maximum absolute atomic E-state index is 12.3. The molecule has 3 atom stereocenters. The van der Waals surface area contributed by atoms with Crippen LogP contribution in [0, 0.1) is 27.4 Å². The van der Waals surface area contributed by atoms with Gasteiger partial charge in [0.2, 0.25) is 11.8 Å². The number of benzene rings is 1. The van der Waals surface area contributed by atoms with E-state index in [-0.39, 0.29) is 22.7 Å². The Bertz CT molecular complexity index is 827. The van der Waals surface area contributed by atoms with Crippen molar-refractivity contribution in [3.63, 3.8) is 0 Å². The highest BCUT2D eigenvalue weighted by Gasteiger charge is 2.50. The molecule has 122 valence electrons. The molecule has 0 aromatic heterocycles. The molecule has 2 aliphatic heterocycles. The van der Waals surface area contributed by atoms with Crippen LogP contribution in [0.2, 0.25) is 0 Å². The Balaban J connectivity index is 2.21. The average molecular weight is 329 g/mol. The fourth-order valence-electron chi connectivity index (χ4n) is 2.94. The Kier molecular flexibility index (Phi) is 3.53. The molecule has 1 fully saturated rings. The number of nitrogens with zero attached hydrogens (tertiary/aromatic N) is 2. The summed E-state index contributed by atoms with van der Waals surface area (Å²) < 4.78 is 5.26. The van der Waals surface area contributed by atoms with Crippen molar-refractivity contribution in [2.75, 3.05) is 0 Å². The molecule has 3 amide bonds. The summed E-state index contributed by atoms with van der Waals surface area (Å²) in [4.78, 5) is 34.4. The van der Waals surface area contributed by atoms with Crippen molar-refractivity contribution in [2.24, 2.45) is 11.7 Å². The number of hydrogen-bond acceptors (Lipinski definition) is 7. The molecule has 1 saturated heterocycles. The first-order valence-electron chi connectivity index (χ1n) is 6.85. The van der Waals surface area contributed by atoms with Crippen molar-refractivity contribution in [1.82, 2.24) is 10.6 Å². The van der Waals surface area contributed by atoms with Crippen LogP contribution >= 0.6 is 0 Å². The number of carbonyl (C=O) groups excluding carboxylic acids is 2. The molecule has 1 aromatic rings. The number of nitrogens with one attached hydrogen (secondary N) is 2. The minimum atomic E-state index is -1.12. The van der Waals surface area contributed by atoms with Gasteiger partial charge in [0.15, 0.2) is 6.23 Å². The van der Waals surface area contributed by atoms with E-state index >= 15 is 0 Å². The number of hydrogen-bond donors (Lipinski definition) is 3. The molecule has 4 N–H and O–H groups in total. The van der Waals surface area contributed by atoms with Gasteiger partial charge in [0.05, 0.1) is 10.5 Å². The van der Waals surface area contributed by atoms with Crippen molar-refractivity contribution in [2.45, 2.75) is 12.1 Å². The molecule has 2 aliphatic rings. The second kappa shape index (κ2) is 5.54. The molecule has 0 spiro atoms. The van der Waals surface area contributed by atoms with Crippen LogP contribution in [-0.2, 0) is 9.53 Å². The summed E-state index contributed by atoms with van der Waals surface area (Å²) in [5, 5.41) is 25.2. The largest absolute Gasteiger partial charge is 0.454 e. The summed E-state index contributed by atoms with van der Waals surface area (Å²) in [6.45, 7) is 0. The smallest absolute Gasteiger partial charge is 0.324 e. The third-order valence-electron chi connectivity index (χ3n) is 3.92. The molecule has 24 heavy (non-hydrogen) atoms. The van der Waals surface area contributed by atoms with Gasteiger partial charge in [0.25, 0.3) is 5.69 Å². The fraction of sp³-hybridized carbons (Fsp3) is 0.214. The first-order chi connectivity index (χ1) is 11.4. The highest BCUT2D eigenvalue weighted by molar-refractivity contribution is 5.99. The highest BCUT2D eigenvalue weighted by atomic mass is 16.6. The zero-order chi connectivity index (χ0) is 17.4. The molecule has 0 bridgehead atoms. The lowest BCUT2D eigenvalue weighted by molar-refractivity contribution is -0.385. The molecule has 1 aromatic carbocycles. The number of fused-ring (bicyclic) bond motifs is 1. The van der Waals surface area contributed by atoms with E-state index in [2.05, 4.69) is 10.6 Å². The van der Waals surface area contributed by atoms with Gasteiger partial charge in [0, 0.05) is 17.5 Å². The number of nitro groups is 1. The van der Waals surface area contributed by atoms with E-state index in [0.29, 0.717) is 0 Å². The number of ether oxygens (including phenoxy) is 1. The molecule has 10 heteroatoms. The Labute approximate surface area is 135 Å². The molecular weight excluding hydrogens is 318 g/mol. The lowest BCUT2D eigenvalue weighted by Crippen LogP contribution is -2.62. The number of carbonyl (C=O) groups is 2. The SMILES string of the molecule is N#CC1=C(N)OC2NC(=O)NC(=O)C2C1c1ccccc1[N+](=O)[O-]. The minimum Gasteiger partial charge on any atom is -0.454 e. The number of rotatable bonds is 2. The normalized spacial score (nSPS) is 25.7. The predicted molar refractivity (Wildman–Crippen MR) is 77.7 cm³/mol. The first-order valence-corrected chi connectivity index (χ1v) is 6.85. The topological polar surface area (TPSA) is 160 Å². The second-order valence-corrected chi connectivity index (χ2v) is 5.21. The maximum atomic E-state index is 12.3. The van der Waals surface area contributed by atoms with Crippen LogP contribution in [0.15, 0.2) is 35.7 Å². The minimum absolute atomic E-state index is 0.100. The van der Waals surface area contributed by atoms with E-state index in [1.165, 1.54) is 18.2 Å². The number of imide groups is 1. The Morgan fingerprint density at radius 3 is 2.71 bits per heavy atom. The standard InChI is InChI=1S/C14H11N5O5/c15-5-7-9(6-3-1-2-4-8(6)19(22)23)10-12(20)17-14(21)18-13(10)24-11(7)16/h1-4,9-10,13H,16H2,(H2,17,18,20,21). The zero-order valence-corrected chi connectivity index (χ0v) is 12.1. The summed E-state index contributed by atoms with van der Waals surface area (Å²) in [6, 6.07) is 6.82. The van der Waals surface area contributed by atoms with Crippen LogP contribution in [-0.4, -0.2) is 23.1 Å². The van der Waals surface area contributed by atoms with Crippen molar-refractivity contribution >= 4 is 17.6 Å². The molecule has 10 nitrogen and oxygen atoms in total. The molecule has 0 aliphatic carbocycles. The summed E-state index contributed by atoms with van der Waals surface area (Å²) in [7, 11) is 0. The van der Waals surface area contributed by atoms with Gasteiger partial charge in [-0.25, -0.2) is 4.79 Å². The fourth-order valence-corrected chi connectivity index (χ4v) is 2.94. The van der Waals surface area contributed by atoms with Crippen LogP contribution in [0.5, 0.6) is 0 Å². The number of nitro benzene ring substituents is 1. The first kappa shape index (κ1) is 15.3. The number of amides is 3. The number of nitrogens with two attached hydrogens (primary N) is 1. The summed E-state index contributed by atoms with van der Waals surface area (Å²) in [6.07, 6.45) is -1.12. The van der Waals surface area contributed by atoms with E-state index < -0.39 is 34.9 Å². The third-order valence-corrected chi connectivity index (χ3v) is 3.92. The van der Waals surface area contributed by atoms with Crippen LogP contribution in [0.4, 0.5) is 10.5 Å². The lowest BCUT2D eigenvalue weighted by atomic mass is 9.76. The molecule has 2 heterocycles. The number of nitriles is 1. The molecular formula is C14H11N5O5. The Morgan fingerprint density at radius 1 is 1.33 bits per heavy atom. The molecule has 0 saturated carbocycles. The van der Waals surface area contributed by atoms with Crippen LogP contribution in [0.1, 0.15) is 11.5 Å². The van der Waals surface area contributed by atoms with Crippen molar-refractivity contribution in [1.29, 1.82) is 5.26 Å². The van der Waals surface area contributed by atoms with Crippen molar-refractivity contribution < 1.29 is 19.2 Å². The number of urea groups is 1. The van der Waals surface area contributed by atoms with Gasteiger partial charge in [-0.3, -0.25) is 20.2 Å². The van der Waals surface area contributed by atoms with Gasteiger partial charge in [-0.2, -0.15) is 5.26 Å². The van der Waals surface area contributed by atoms with Gasteiger partial charge in [0.1, 0.15) is 12.0 Å². The zero-order valence-electron chi connectivity index (χ0n) is 12.1. The van der Waals surface area contributed by atoms with Gasteiger partial charge in [-0.1, -0.05) is 18.2 Å². The molecule has 0 radical (unpaired) electrons. The quantitative estimate of drug-likeness (QED) is 0.515. The second-order valence-electron chi connectivity index (χ2n) is 5.21. The predicted octanol–water partition coefficient (Wildman–Crippen LogP) is 0.184. The number of para-hydroxylation sites is 1. The van der Waals surface area contributed by atoms with Gasteiger partial charge in [-0.15, -0.1) is 0 Å². The van der Waals surface area contributed by atoms with E-state index in [4.69, 9.17) is 10.5 Å². The number of allylic oxidation sites excluding steroid dienone is 1. The summed E-state index contributed by atoms with van der Waals surface area (Å²) in [5.74, 6) is -3.06. The van der Waals surface area contributed by atoms with Gasteiger partial charge in [-0.05, 0) is 0 Å². The Hall–Kier alpha value is -3.61. The van der Waals surface area contributed by atoms with E-state index in [1.807, 2.05) is 6.07 Å². The molecule has 3 rings (SSSR count). The maximum Gasteiger partial charge on any atom is 0.324 e. The molecule has 3 unspecified atom stereocenters. The van der Waals surface area contributed by atoms with Crippen molar-refractivity contribution in [3.05, 3.63) is 51.4 Å². The van der Waals surface area contributed by atoms with Crippen LogP contribution < -0.4 is 16.4 Å². The van der Waals surface area contributed by atoms with E-state index in [1.54, 1.807) is 6.07 Å². The third kappa shape index (κ3) is 2.28. The Morgan fingerprint density at radius 2 is 2.04 bits per heavy atom. The van der Waals surface area contributed by atoms with Crippen molar-refractivity contribution in [3.8, 4) is 6.07 Å². The van der Waals surface area contributed by atoms with Gasteiger partial charge >= 0.3 is 6.03 Å². The van der Waals surface area contributed by atoms with Gasteiger partial charge < -0.3 is 15.8 Å². The summed E-state index contributed by atoms with van der Waals surface area (Å²) >= 11 is 0. The van der Waals surface area contributed by atoms with Crippen LogP contribution in [0.25, 0.3) is 0 Å². The monoisotopic (exact) mass is 329 g/mol. The highest BCUT2D eigenvalue weighted by Crippen LogP contribution is 2.43.